The summed E-state index contributed by atoms with van der Waals surface area (Å²) in [5, 5.41) is 0. The Labute approximate surface area is 372 Å². The number of hydrogen-bond acceptors (Lipinski definition) is 6. The molecule has 3 rings (SSSR count). The van der Waals surface area contributed by atoms with E-state index >= 15 is 0 Å². The normalized spacial score (nSPS) is 12.3. The van der Waals surface area contributed by atoms with Gasteiger partial charge in [-0.1, -0.05) is 215 Å². The van der Waals surface area contributed by atoms with Gasteiger partial charge in [0, 0.05) is 25.8 Å². The highest BCUT2D eigenvalue weighted by atomic mass is 16.6. The molecular formula is C55H83NO5. The van der Waals surface area contributed by atoms with Gasteiger partial charge in [-0.3, -0.25) is 9.59 Å². The summed E-state index contributed by atoms with van der Waals surface area (Å²) in [5.41, 5.74) is 5.20. The molecule has 0 bridgehead atoms. The zero-order valence-corrected chi connectivity index (χ0v) is 38.9. The van der Waals surface area contributed by atoms with Gasteiger partial charge in [-0.25, -0.2) is 0 Å². The first-order valence-corrected chi connectivity index (χ1v) is 24.5. The molecule has 1 atom stereocenters. The summed E-state index contributed by atoms with van der Waals surface area (Å²) < 4.78 is 18.3. The predicted octanol–water partition coefficient (Wildman–Crippen LogP) is 14.8. The fourth-order valence-electron chi connectivity index (χ4n) is 7.92. The van der Waals surface area contributed by atoms with Gasteiger partial charge in [0.25, 0.3) is 0 Å². The van der Waals surface area contributed by atoms with Crippen molar-refractivity contribution in [2.24, 2.45) is 0 Å². The molecule has 0 N–H and O–H groups in total. The van der Waals surface area contributed by atoms with E-state index in [4.69, 9.17) is 14.2 Å². The van der Waals surface area contributed by atoms with Crippen LogP contribution in [0.15, 0.2) is 84.9 Å². The number of hydrogen-bond donors (Lipinski definition) is 0. The SMILES string of the molecule is CCCCCCCCCCCCCC(=O)OCC(C/C(=C(\c1ccccc1)c1ccc(OCCN(C)C)cc1)c1ccccc1)OC(=O)CCCCCCCCCCCCC. The van der Waals surface area contributed by atoms with Gasteiger partial charge in [-0.05, 0) is 66.9 Å². The fraction of sp³-hybridized carbons (Fsp3) is 0.600. The van der Waals surface area contributed by atoms with Gasteiger partial charge in [-0.2, -0.15) is 0 Å². The molecule has 0 radical (unpaired) electrons. The largest absolute Gasteiger partial charge is 0.492 e. The maximum atomic E-state index is 13.5. The summed E-state index contributed by atoms with van der Waals surface area (Å²) in [7, 11) is 4.08. The van der Waals surface area contributed by atoms with Gasteiger partial charge in [0.15, 0.2) is 0 Å². The average molecular weight is 838 g/mol. The zero-order chi connectivity index (χ0) is 43.6. The van der Waals surface area contributed by atoms with Gasteiger partial charge in [0.1, 0.15) is 25.1 Å². The third-order valence-corrected chi connectivity index (χ3v) is 11.6. The number of likely N-dealkylation sites (N-methyl/N-ethyl adjacent to an activating group) is 1. The Morgan fingerprint density at radius 3 is 1.41 bits per heavy atom. The molecule has 3 aromatic carbocycles. The minimum absolute atomic E-state index is 0.0257. The van der Waals surface area contributed by atoms with Crippen molar-refractivity contribution >= 4 is 23.1 Å². The number of carbonyl (C=O) groups excluding carboxylic acids is 2. The molecule has 0 aliphatic heterocycles. The maximum Gasteiger partial charge on any atom is 0.306 e. The highest BCUT2D eigenvalue weighted by Gasteiger charge is 2.23. The summed E-state index contributed by atoms with van der Waals surface area (Å²) in [6.45, 7) is 5.99. The van der Waals surface area contributed by atoms with E-state index in [1.165, 1.54) is 103 Å². The van der Waals surface area contributed by atoms with Crippen LogP contribution in [0.25, 0.3) is 11.1 Å². The van der Waals surface area contributed by atoms with Crippen molar-refractivity contribution in [1.82, 2.24) is 4.90 Å². The molecule has 0 aliphatic rings. The Bertz CT molecular complexity index is 1570. The van der Waals surface area contributed by atoms with Crippen LogP contribution in [0.2, 0.25) is 0 Å². The summed E-state index contributed by atoms with van der Waals surface area (Å²) in [4.78, 5) is 28.8. The van der Waals surface area contributed by atoms with E-state index in [9.17, 15) is 9.59 Å². The molecular weight excluding hydrogens is 755 g/mol. The van der Waals surface area contributed by atoms with Gasteiger partial charge >= 0.3 is 11.9 Å². The number of carbonyl (C=O) groups is 2. The van der Waals surface area contributed by atoms with E-state index in [1.54, 1.807) is 0 Å². The zero-order valence-electron chi connectivity index (χ0n) is 38.9. The van der Waals surface area contributed by atoms with Crippen molar-refractivity contribution in [2.45, 2.75) is 180 Å². The Morgan fingerprint density at radius 1 is 0.508 bits per heavy atom. The molecule has 6 heteroatoms. The summed E-state index contributed by atoms with van der Waals surface area (Å²) in [6.07, 6.45) is 27.5. The van der Waals surface area contributed by atoms with Crippen LogP contribution in [0, 0.1) is 0 Å². The van der Waals surface area contributed by atoms with Crippen LogP contribution in [0.5, 0.6) is 5.75 Å². The quantitative estimate of drug-likeness (QED) is 0.0330. The van der Waals surface area contributed by atoms with E-state index < -0.39 is 6.10 Å². The van der Waals surface area contributed by atoms with Crippen LogP contribution in [0.1, 0.15) is 191 Å². The molecule has 0 amide bonds. The molecule has 0 fully saturated rings. The minimum Gasteiger partial charge on any atom is -0.492 e. The number of nitrogens with zero attached hydrogens (tertiary/aromatic N) is 1. The van der Waals surface area contributed by atoms with Crippen LogP contribution in [0.4, 0.5) is 0 Å². The number of unbranched alkanes of at least 4 members (excludes halogenated alkanes) is 20. The van der Waals surface area contributed by atoms with Crippen molar-refractivity contribution in [3.63, 3.8) is 0 Å². The Kier molecular flexibility index (Phi) is 28.4. The lowest BCUT2D eigenvalue weighted by atomic mass is 9.86. The first-order valence-electron chi connectivity index (χ1n) is 24.5. The van der Waals surface area contributed by atoms with Crippen LogP contribution in [-0.2, 0) is 19.1 Å². The van der Waals surface area contributed by atoms with E-state index in [-0.39, 0.29) is 18.5 Å². The van der Waals surface area contributed by atoms with Crippen LogP contribution < -0.4 is 4.74 Å². The minimum atomic E-state index is -0.635. The molecule has 1 unspecified atom stereocenters. The molecule has 3 aromatic rings. The van der Waals surface area contributed by atoms with Crippen molar-refractivity contribution < 1.29 is 23.8 Å². The van der Waals surface area contributed by atoms with Gasteiger partial charge in [0.2, 0.25) is 0 Å². The number of ether oxygens (including phenoxy) is 3. The topological polar surface area (TPSA) is 65.1 Å². The van der Waals surface area contributed by atoms with Crippen LogP contribution in [-0.4, -0.2) is 56.8 Å². The van der Waals surface area contributed by atoms with E-state index in [1.807, 2.05) is 50.5 Å². The number of rotatable bonds is 36. The summed E-state index contributed by atoms with van der Waals surface area (Å²) >= 11 is 0. The standard InChI is InChI=1S/C55H83NO5/c1-5-7-9-11-13-15-17-19-21-23-31-37-53(57)60-46-51(61-54(58)38-32-24-22-20-18-16-14-12-10-8-6-2)45-52(47-33-27-25-28-34-47)55(48-35-29-26-30-36-48)49-39-41-50(42-40-49)59-44-43-56(3)4/h25-30,33-36,39-42,51H,5-24,31-32,37-38,43-46H2,1-4H3/b55-52-. The Hall–Kier alpha value is -3.90. The van der Waals surface area contributed by atoms with Gasteiger partial charge < -0.3 is 19.1 Å². The smallest absolute Gasteiger partial charge is 0.306 e. The molecule has 0 heterocycles. The summed E-state index contributed by atoms with van der Waals surface area (Å²) in [5.74, 6) is 0.370. The Morgan fingerprint density at radius 2 is 0.934 bits per heavy atom. The van der Waals surface area contributed by atoms with E-state index in [0.717, 1.165) is 78.7 Å². The molecule has 0 aliphatic carbocycles. The molecule has 6 nitrogen and oxygen atoms in total. The third-order valence-electron chi connectivity index (χ3n) is 11.6. The van der Waals surface area contributed by atoms with E-state index in [2.05, 4.69) is 67.3 Å². The lowest BCUT2D eigenvalue weighted by Gasteiger charge is -2.23. The first kappa shape index (κ1) is 51.5. The second-order valence-electron chi connectivity index (χ2n) is 17.3. The van der Waals surface area contributed by atoms with Gasteiger partial charge in [0.05, 0.1) is 0 Å². The second kappa shape index (κ2) is 33.7. The van der Waals surface area contributed by atoms with Crippen molar-refractivity contribution in [2.75, 3.05) is 33.9 Å². The second-order valence-corrected chi connectivity index (χ2v) is 17.3. The first-order chi connectivity index (χ1) is 29.9. The molecule has 338 valence electrons. The van der Waals surface area contributed by atoms with Gasteiger partial charge in [-0.15, -0.1) is 0 Å². The molecule has 0 spiro atoms. The van der Waals surface area contributed by atoms with Crippen molar-refractivity contribution in [1.29, 1.82) is 0 Å². The molecule has 61 heavy (non-hydrogen) atoms. The van der Waals surface area contributed by atoms with Crippen LogP contribution >= 0.6 is 0 Å². The highest BCUT2D eigenvalue weighted by Crippen LogP contribution is 2.36. The van der Waals surface area contributed by atoms with E-state index in [0.29, 0.717) is 25.9 Å². The Balaban J connectivity index is 1.73. The number of esters is 2. The summed E-state index contributed by atoms with van der Waals surface area (Å²) in [6, 6.07) is 29.0. The molecule has 0 saturated carbocycles. The van der Waals surface area contributed by atoms with Crippen molar-refractivity contribution in [3.05, 3.63) is 102 Å². The lowest BCUT2D eigenvalue weighted by molar-refractivity contribution is -0.158. The molecule has 0 aromatic heterocycles. The number of benzene rings is 3. The predicted molar refractivity (Wildman–Crippen MR) is 257 cm³/mol. The average Bonchev–Trinajstić information content (AvgIpc) is 3.27. The third kappa shape index (κ3) is 23.8. The maximum absolute atomic E-state index is 13.5. The molecule has 0 saturated heterocycles. The highest BCUT2D eigenvalue weighted by molar-refractivity contribution is 5.98. The van der Waals surface area contributed by atoms with Crippen molar-refractivity contribution in [3.8, 4) is 5.75 Å². The fourth-order valence-corrected chi connectivity index (χ4v) is 7.92. The monoisotopic (exact) mass is 838 g/mol. The van der Waals surface area contributed by atoms with Crippen LogP contribution in [0.3, 0.4) is 0 Å². The lowest BCUT2D eigenvalue weighted by Crippen LogP contribution is -2.26.